The molecule has 4 heteroatoms. The second-order valence-electron chi connectivity index (χ2n) is 5.31. The van der Waals surface area contributed by atoms with Crippen molar-refractivity contribution in [3.05, 3.63) is 29.8 Å². The lowest BCUT2D eigenvalue weighted by Gasteiger charge is -2.43. The van der Waals surface area contributed by atoms with Gasteiger partial charge in [0.1, 0.15) is 11.6 Å². The van der Waals surface area contributed by atoms with E-state index in [-0.39, 0.29) is 11.8 Å². The first kappa shape index (κ1) is 13.6. The van der Waals surface area contributed by atoms with Gasteiger partial charge < -0.3 is 5.32 Å². The topological polar surface area (TPSA) is 49.4 Å². The third-order valence-corrected chi connectivity index (χ3v) is 3.94. The largest absolute Gasteiger partial charge is 0.340 e. The first-order valence-electron chi connectivity index (χ1n) is 6.62. The third-order valence-electron chi connectivity index (χ3n) is 3.94. The van der Waals surface area contributed by atoms with Crippen LogP contribution in [0.1, 0.15) is 32.8 Å². The van der Waals surface area contributed by atoms with Crippen LogP contribution >= 0.6 is 0 Å². The number of carbonyl (C=O) groups is 2. The summed E-state index contributed by atoms with van der Waals surface area (Å²) in [5, 5.41) is 2.83. The fourth-order valence-electron chi connectivity index (χ4n) is 2.38. The number of anilines is 1. The average Bonchev–Trinajstić information content (AvgIpc) is 2.39. The molecular formula is C15H20N2O2. The van der Waals surface area contributed by atoms with Gasteiger partial charge in [0.05, 0.1) is 0 Å². The van der Waals surface area contributed by atoms with Crippen LogP contribution in [0.25, 0.3) is 0 Å². The Morgan fingerprint density at radius 3 is 2.53 bits per heavy atom. The maximum absolute atomic E-state index is 12.7. The first-order valence-corrected chi connectivity index (χ1v) is 6.62. The zero-order valence-electron chi connectivity index (χ0n) is 11.9. The van der Waals surface area contributed by atoms with Crippen LogP contribution in [0.3, 0.4) is 0 Å². The minimum absolute atomic E-state index is 0.0450. The highest BCUT2D eigenvalue weighted by Gasteiger charge is 2.46. The maximum atomic E-state index is 12.7. The van der Waals surface area contributed by atoms with Crippen LogP contribution in [0, 0.1) is 6.92 Å². The van der Waals surface area contributed by atoms with E-state index in [4.69, 9.17) is 0 Å². The predicted octanol–water partition coefficient (Wildman–Crippen LogP) is 2.02. The number of para-hydroxylation sites is 1. The molecule has 1 heterocycles. The van der Waals surface area contributed by atoms with Gasteiger partial charge in [0, 0.05) is 5.69 Å². The van der Waals surface area contributed by atoms with Gasteiger partial charge in [-0.05, 0) is 38.8 Å². The number of amides is 2. The monoisotopic (exact) mass is 260 g/mol. The van der Waals surface area contributed by atoms with Crippen molar-refractivity contribution >= 4 is 17.5 Å². The number of rotatable bonds is 2. The highest BCUT2D eigenvalue weighted by atomic mass is 16.2. The molecule has 1 aromatic rings. The highest BCUT2D eigenvalue weighted by Crippen LogP contribution is 2.29. The smallest absolute Gasteiger partial charge is 0.253 e. The first-order chi connectivity index (χ1) is 8.90. The average molecular weight is 260 g/mol. The van der Waals surface area contributed by atoms with E-state index >= 15 is 0 Å². The van der Waals surface area contributed by atoms with Crippen LogP contribution in [0.2, 0.25) is 0 Å². The molecule has 1 N–H and O–H groups in total. The SMILES string of the molecule is CCC1(C)NC(=O)C(C)N(c2ccccc2C)C1=O. The Morgan fingerprint density at radius 2 is 1.95 bits per heavy atom. The maximum Gasteiger partial charge on any atom is 0.253 e. The molecule has 0 aromatic heterocycles. The number of aryl methyl sites for hydroxylation is 1. The standard InChI is InChI=1S/C15H20N2O2/c1-5-15(4)14(19)17(11(3)13(18)16-15)12-9-7-6-8-10(12)2/h6-9,11H,5H2,1-4H3,(H,16,18). The van der Waals surface area contributed by atoms with Gasteiger partial charge in [-0.15, -0.1) is 0 Å². The Morgan fingerprint density at radius 1 is 1.32 bits per heavy atom. The summed E-state index contributed by atoms with van der Waals surface area (Å²) < 4.78 is 0. The summed E-state index contributed by atoms with van der Waals surface area (Å²) in [4.78, 5) is 26.4. The summed E-state index contributed by atoms with van der Waals surface area (Å²) in [6.45, 7) is 7.40. The van der Waals surface area contributed by atoms with Crippen molar-refractivity contribution in [1.29, 1.82) is 0 Å². The van der Waals surface area contributed by atoms with Gasteiger partial charge in [0.25, 0.3) is 5.91 Å². The molecular weight excluding hydrogens is 240 g/mol. The van der Waals surface area contributed by atoms with E-state index in [0.29, 0.717) is 6.42 Å². The van der Waals surface area contributed by atoms with Crippen molar-refractivity contribution < 1.29 is 9.59 Å². The van der Waals surface area contributed by atoms with E-state index in [0.717, 1.165) is 11.3 Å². The minimum atomic E-state index is -0.814. The van der Waals surface area contributed by atoms with E-state index in [2.05, 4.69) is 5.32 Å². The van der Waals surface area contributed by atoms with Gasteiger partial charge in [0.2, 0.25) is 5.91 Å². The van der Waals surface area contributed by atoms with Crippen LogP contribution in [-0.4, -0.2) is 23.4 Å². The van der Waals surface area contributed by atoms with E-state index in [9.17, 15) is 9.59 Å². The number of hydrogen-bond acceptors (Lipinski definition) is 2. The molecule has 0 radical (unpaired) electrons. The van der Waals surface area contributed by atoms with Gasteiger partial charge in [-0.2, -0.15) is 0 Å². The lowest BCUT2D eigenvalue weighted by atomic mass is 9.91. The Hall–Kier alpha value is -1.84. The number of piperazine rings is 1. The van der Waals surface area contributed by atoms with Crippen molar-refractivity contribution in [3.8, 4) is 0 Å². The molecule has 1 fully saturated rings. The van der Waals surface area contributed by atoms with Gasteiger partial charge in [-0.25, -0.2) is 0 Å². The summed E-state index contributed by atoms with van der Waals surface area (Å²) in [7, 11) is 0. The Labute approximate surface area is 113 Å². The summed E-state index contributed by atoms with van der Waals surface area (Å²) in [6.07, 6.45) is 0.576. The minimum Gasteiger partial charge on any atom is -0.340 e. The molecule has 1 aromatic carbocycles. The number of hydrogen-bond donors (Lipinski definition) is 1. The molecule has 1 aliphatic heterocycles. The van der Waals surface area contributed by atoms with Gasteiger partial charge in [0.15, 0.2) is 0 Å². The highest BCUT2D eigenvalue weighted by molar-refractivity contribution is 6.10. The van der Waals surface area contributed by atoms with E-state index in [1.807, 2.05) is 38.1 Å². The molecule has 0 spiro atoms. The van der Waals surface area contributed by atoms with Crippen molar-refractivity contribution in [2.45, 2.75) is 45.7 Å². The lowest BCUT2D eigenvalue weighted by Crippen LogP contribution is -2.68. The van der Waals surface area contributed by atoms with E-state index in [1.54, 1.807) is 18.7 Å². The molecule has 2 rings (SSSR count). The van der Waals surface area contributed by atoms with Crippen LogP contribution < -0.4 is 10.2 Å². The molecule has 2 atom stereocenters. The fraction of sp³-hybridized carbons (Fsp3) is 0.467. The zero-order valence-corrected chi connectivity index (χ0v) is 11.9. The van der Waals surface area contributed by atoms with E-state index < -0.39 is 11.6 Å². The van der Waals surface area contributed by atoms with Crippen LogP contribution in [0.4, 0.5) is 5.69 Å². The Balaban J connectivity index is 2.50. The summed E-state index contributed by atoms with van der Waals surface area (Å²) >= 11 is 0. The fourth-order valence-corrected chi connectivity index (χ4v) is 2.38. The lowest BCUT2D eigenvalue weighted by molar-refractivity contribution is -0.137. The number of nitrogens with zero attached hydrogens (tertiary/aromatic N) is 1. The second kappa shape index (κ2) is 4.68. The van der Waals surface area contributed by atoms with Crippen LogP contribution in [0.15, 0.2) is 24.3 Å². The van der Waals surface area contributed by atoms with Crippen molar-refractivity contribution in [1.82, 2.24) is 5.32 Å². The molecule has 2 unspecified atom stereocenters. The van der Waals surface area contributed by atoms with Crippen molar-refractivity contribution in [3.63, 3.8) is 0 Å². The molecule has 2 amide bonds. The summed E-state index contributed by atoms with van der Waals surface area (Å²) in [6, 6.07) is 7.17. The quantitative estimate of drug-likeness (QED) is 0.884. The molecule has 1 aliphatic rings. The number of benzene rings is 1. The molecule has 1 saturated heterocycles. The second-order valence-corrected chi connectivity index (χ2v) is 5.31. The van der Waals surface area contributed by atoms with Crippen molar-refractivity contribution in [2.75, 3.05) is 4.90 Å². The molecule has 4 nitrogen and oxygen atoms in total. The Kier molecular flexibility index (Phi) is 3.35. The summed E-state index contributed by atoms with van der Waals surface area (Å²) in [5.41, 5.74) is 0.997. The van der Waals surface area contributed by atoms with Crippen LogP contribution in [-0.2, 0) is 9.59 Å². The molecule has 0 bridgehead atoms. The number of carbonyl (C=O) groups excluding carboxylic acids is 2. The zero-order chi connectivity index (χ0) is 14.2. The molecule has 19 heavy (non-hydrogen) atoms. The summed E-state index contributed by atoms with van der Waals surface area (Å²) in [5.74, 6) is -0.149. The predicted molar refractivity (Wildman–Crippen MR) is 75.0 cm³/mol. The molecule has 0 saturated carbocycles. The van der Waals surface area contributed by atoms with Crippen molar-refractivity contribution in [2.24, 2.45) is 0 Å². The van der Waals surface area contributed by atoms with E-state index in [1.165, 1.54) is 0 Å². The van der Waals surface area contributed by atoms with Gasteiger partial charge in [-0.1, -0.05) is 25.1 Å². The van der Waals surface area contributed by atoms with Crippen LogP contribution in [0.5, 0.6) is 0 Å². The number of nitrogens with one attached hydrogen (secondary N) is 1. The molecule has 102 valence electrons. The normalized spacial score (nSPS) is 27.4. The molecule has 0 aliphatic carbocycles. The Bertz CT molecular complexity index is 527. The third kappa shape index (κ3) is 2.11. The van der Waals surface area contributed by atoms with Gasteiger partial charge >= 0.3 is 0 Å². The van der Waals surface area contributed by atoms with Gasteiger partial charge in [-0.3, -0.25) is 14.5 Å².